The summed E-state index contributed by atoms with van der Waals surface area (Å²) in [4.78, 5) is 26.0. The number of unbranched alkanes of at least 4 members (excludes halogenated alkanes) is 2. The summed E-state index contributed by atoms with van der Waals surface area (Å²) in [5, 5.41) is 10.5. The fraction of sp³-hybridized carbons (Fsp3) is 0.545. The molecule has 1 aromatic heterocycles. The van der Waals surface area contributed by atoms with Crippen LogP contribution in [0.25, 0.3) is 0 Å². The summed E-state index contributed by atoms with van der Waals surface area (Å²) >= 11 is 5.56. The largest absolute Gasteiger partial charge is 0.351 e. The lowest BCUT2D eigenvalue weighted by atomic mass is 10.2. The minimum Gasteiger partial charge on any atom is -0.351 e. The van der Waals surface area contributed by atoms with Crippen molar-refractivity contribution in [1.82, 2.24) is 9.88 Å². The van der Waals surface area contributed by atoms with Gasteiger partial charge in [0, 0.05) is 25.5 Å². The van der Waals surface area contributed by atoms with E-state index in [9.17, 15) is 14.9 Å². The number of hydrogen-bond acceptors (Lipinski definition) is 3. The Morgan fingerprint density at radius 3 is 2.78 bits per heavy atom. The molecular weight excluding hydrogens is 258 g/mol. The van der Waals surface area contributed by atoms with Crippen molar-refractivity contribution in [2.75, 3.05) is 19.5 Å². The Morgan fingerprint density at radius 2 is 2.22 bits per heavy atom. The molecule has 0 saturated heterocycles. The van der Waals surface area contributed by atoms with Gasteiger partial charge in [-0.2, -0.15) is 0 Å². The third-order valence-corrected chi connectivity index (χ3v) is 2.85. The third kappa shape index (κ3) is 4.03. The van der Waals surface area contributed by atoms with Gasteiger partial charge in [0.05, 0.1) is 11.1 Å². The van der Waals surface area contributed by atoms with E-state index in [1.165, 1.54) is 12.3 Å². The molecule has 18 heavy (non-hydrogen) atoms. The first kappa shape index (κ1) is 14.5. The Balaban J connectivity index is 2.49. The van der Waals surface area contributed by atoms with Crippen LogP contribution in [0.15, 0.2) is 12.3 Å². The molecule has 0 aliphatic carbocycles. The van der Waals surface area contributed by atoms with Gasteiger partial charge in [-0.05, 0) is 12.8 Å². The summed E-state index contributed by atoms with van der Waals surface area (Å²) in [7, 11) is 1.68. The average molecular weight is 274 g/mol. The predicted molar refractivity (Wildman–Crippen MR) is 69.0 cm³/mol. The topological polar surface area (TPSA) is 79.2 Å². The van der Waals surface area contributed by atoms with Crippen molar-refractivity contribution in [3.8, 4) is 0 Å². The zero-order valence-corrected chi connectivity index (χ0v) is 10.9. The van der Waals surface area contributed by atoms with Crippen LogP contribution in [-0.4, -0.2) is 40.2 Å². The molecule has 1 N–H and O–H groups in total. The molecular formula is C11H16ClN3O3. The Labute approximate surface area is 110 Å². The van der Waals surface area contributed by atoms with E-state index in [2.05, 4.69) is 4.98 Å². The van der Waals surface area contributed by atoms with E-state index in [-0.39, 0.29) is 17.3 Å². The number of hydrogen-bond donors (Lipinski definition) is 1. The van der Waals surface area contributed by atoms with Crippen LogP contribution in [0.3, 0.4) is 0 Å². The van der Waals surface area contributed by atoms with E-state index in [1.807, 2.05) is 0 Å². The number of carbonyl (C=O) groups is 1. The fourth-order valence-corrected chi connectivity index (χ4v) is 1.73. The standard InChI is InChI=1S/C11H16ClN3O3/c1-14(6-4-2-3-5-12)11(16)10-7-9(8-13-10)15(17)18/h7-8,13H,2-6H2,1H3. The van der Waals surface area contributed by atoms with Crippen molar-refractivity contribution in [3.05, 3.63) is 28.1 Å². The van der Waals surface area contributed by atoms with E-state index < -0.39 is 4.92 Å². The second-order valence-electron chi connectivity index (χ2n) is 4.01. The van der Waals surface area contributed by atoms with Crippen molar-refractivity contribution in [2.45, 2.75) is 19.3 Å². The van der Waals surface area contributed by atoms with Gasteiger partial charge in [-0.15, -0.1) is 11.6 Å². The minimum atomic E-state index is -0.534. The lowest BCUT2D eigenvalue weighted by Crippen LogP contribution is -2.27. The normalized spacial score (nSPS) is 10.3. The molecule has 0 unspecified atom stereocenters. The number of nitrogens with zero attached hydrogens (tertiary/aromatic N) is 2. The summed E-state index contributed by atoms with van der Waals surface area (Å²) in [6.45, 7) is 0.614. The Bertz CT molecular complexity index is 419. The number of alkyl halides is 1. The van der Waals surface area contributed by atoms with Gasteiger partial charge < -0.3 is 9.88 Å². The molecule has 1 heterocycles. The summed E-state index contributed by atoms with van der Waals surface area (Å²) < 4.78 is 0. The zero-order chi connectivity index (χ0) is 13.5. The van der Waals surface area contributed by atoms with Crippen molar-refractivity contribution in [2.24, 2.45) is 0 Å². The van der Waals surface area contributed by atoms with Gasteiger partial charge in [0.25, 0.3) is 11.6 Å². The Morgan fingerprint density at radius 1 is 1.50 bits per heavy atom. The molecule has 0 aliphatic rings. The summed E-state index contributed by atoms with van der Waals surface area (Å²) in [6, 6.07) is 1.25. The molecule has 0 radical (unpaired) electrons. The summed E-state index contributed by atoms with van der Waals surface area (Å²) in [5.74, 6) is 0.384. The summed E-state index contributed by atoms with van der Waals surface area (Å²) in [5.41, 5.74) is 0.135. The molecule has 100 valence electrons. The molecule has 1 rings (SSSR count). The van der Waals surface area contributed by atoms with Crippen molar-refractivity contribution in [3.63, 3.8) is 0 Å². The van der Waals surface area contributed by atoms with E-state index in [1.54, 1.807) is 11.9 Å². The molecule has 1 aromatic rings. The maximum Gasteiger partial charge on any atom is 0.287 e. The fourth-order valence-electron chi connectivity index (χ4n) is 1.54. The van der Waals surface area contributed by atoms with Crippen LogP contribution >= 0.6 is 11.6 Å². The number of nitrogens with one attached hydrogen (secondary N) is 1. The minimum absolute atomic E-state index is 0.103. The lowest BCUT2D eigenvalue weighted by molar-refractivity contribution is -0.384. The van der Waals surface area contributed by atoms with Crippen LogP contribution in [0.2, 0.25) is 0 Å². The van der Waals surface area contributed by atoms with Gasteiger partial charge >= 0.3 is 0 Å². The average Bonchev–Trinajstić information content (AvgIpc) is 2.83. The number of rotatable bonds is 7. The highest BCUT2D eigenvalue weighted by Crippen LogP contribution is 2.13. The number of aromatic nitrogens is 1. The number of halogens is 1. The number of carbonyl (C=O) groups excluding carboxylic acids is 1. The molecule has 7 heteroatoms. The molecule has 0 saturated carbocycles. The lowest BCUT2D eigenvalue weighted by Gasteiger charge is -2.15. The third-order valence-electron chi connectivity index (χ3n) is 2.58. The summed E-state index contributed by atoms with van der Waals surface area (Å²) in [6.07, 6.45) is 3.98. The SMILES string of the molecule is CN(CCCCCCl)C(=O)c1cc([N+](=O)[O-])c[nH]1. The maximum atomic E-state index is 11.9. The van der Waals surface area contributed by atoms with Gasteiger partial charge in [-0.25, -0.2) is 0 Å². The highest BCUT2D eigenvalue weighted by atomic mass is 35.5. The second-order valence-corrected chi connectivity index (χ2v) is 4.38. The highest BCUT2D eigenvalue weighted by molar-refractivity contribution is 6.17. The van der Waals surface area contributed by atoms with Gasteiger partial charge in [0.2, 0.25) is 0 Å². The predicted octanol–water partition coefficient (Wildman–Crippen LogP) is 2.40. The molecule has 0 spiro atoms. The van der Waals surface area contributed by atoms with E-state index in [4.69, 9.17) is 11.6 Å². The van der Waals surface area contributed by atoms with Crippen molar-refractivity contribution < 1.29 is 9.72 Å². The number of amides is 1. The van der Waals surface area contributed by atoms with E-state index in [0.717, 1.165) is 19.3 Å². The van der Waals surface area contributed by atoms with Crippen molar-refractivity contribution >= 4 is 23.2 Å². The molecule has 0 aromatic carbocycles. The first-order valence-corrected chi connectivity index (χ1v) is 6.24. The van der Waals surface area contributed by atoms with Gasteiger partial charge in [-0.1, -0.05) is 6.42 Å². The monoisotopic (exact) mass is 273 g/mol. The van der Waals surface area contributed by atoms with E-state index in [0.29, 0.717) is 12.4 Å². The first-order valence-electron chi connectivity index (χ1n) is 5.70. The molecule has 6 nitrogen and oxygen atoms in total. The van der Waals surface area contributed by atoms with Crippen LogP contribution in [0, 0.1) is 10.1 Å². The quantitative estimate of drug-likeness (QED) is 0.358. The van der Waals surface area contributed by atoms with Crippen molar-refractivity contribution in [1.29, 1.82) is 0 Å². The van der Waals surface area contributed by atoms with Gasteiger partial charge in [-0.3, -0.25) is 14.9 Å². The number of nitro groups is 1. The number of H-pyrrole nitrogens is 1. The van der Waals surface area contributed by atoms with Crippen LogP contribution in [-0.2, 0) is 0 Å². The zero-order valence-electron chi connectivity index (χ0n) is 10.2. The van der Waals surface area contributed by atoms with Gasteiger partial charge in [0.15, 0.2) is 0 Å². The highest BCUT2D eigenvalue weighted by Gasteiger charge is 2.17. The Kier molecular flexibility index (Phi) is 5.64. The molecule has 0 bridgehead atoms. The Hall–Kier alpha value is -1.56. The second kappa shape index (κ2) is 7.00. The van der Waals surface area contributed by atoms with Crippen LogP contribution in [0.1, 0.15) is 29.8 Å². The van der Waals surface area contributed by atoms with Crippen LogP contribution in [0.5, 0.6) is 0 Å². The smallest absolute Gasteiger partial charge is 0.287 e. The molecule has 0 atom stereocenters. The van der Waals surface area contributed by atoms with Crippen LogP contribution < -0.4 is 0 Å². The molecule has 0 aliphatic heterocycles. The maximum absolute atomic E-state index is 11.9. The molecule has 1 amide bonds. The first-order chi connectivity index (χ1) is 8.56. The van der Waals surface area contributed by atoms with Crippen LogP contribution in [0.4, 0.5) is 5.69 Å². The molecule has 0 fully saturated rings. The van der Waals surface area contributed by atoms with E-state index >= 15 is 0 Å². The number of aromatic amines is 1. The van der Waals surface area contributed by atoms with Gasteiger partial charge in [0.1, 0.15) is 5.69 Å².